The molecule has 0 spiro atoms. The highest BCUT2D eigenvalue weighted by molar-refractivity contribution is 6.40. The maximum atomic E-state index is 11.0. The zero-order valence-electron chi connectivity index (χ0n) is 10.9. The summed E-state index contributed by atoms with van der Waals surface area (Å²) in [5.41, 5.74) is 5.22. The third kappa shape index (κ3) is 7.20. The van der Waals surface area contributed by atoms with E-state index in [1.54, 1.807) is 27.7 Å². The van der Waals surface area contributed by atoms with Gasteiger partial charge in [-0.15, -0.1) is 0 Å². The number of hydrogen-bond donors (Lipinski definition) is 2. The molecule has 0 bridgehead atoms. The summed E-state index contributed by atoms with van der Waals surface area (Å²) >= 11 is 0. The lowest BCUT2D eigenvalue weighted by atomic mass is 10.3. The van der Waals surface area contributed by atoms with Crippen LogP contribution in [0.4, 0.5) is 9.59 Å². The molecule has 0 aromatic rings. The fraction of sp³-hybridized carbons (Fsp3) is 0.600. The molecular weight excluding hydrogens is 240 g/mol. The predicted octanol–water partition coefficient (Wildman–Crippen LogP) is 1.23. The topological polar surface area (TPSA) is 101 Å². The molecule has 0 atom stereocenters. The van der Waals surface area contributed by atoms with Crippen LogP contribution < -0.4 is 10.9 Å². The van der Waals surface area contributed by atoms with Crippen LogP contribution in [0.2, 0.25) is 0 Å². The molecule has 0 saturated heterocycles. The summed E-state index contributed by atoms with van der Waals surface area (Å²) < 4.78 is 9.23. The number of carbonyl (C=O) groups is 2. The van der Waals surface area contributed by atoms with E-state index in [1.807, 2.05) is 0 Å². The van der Waals surface area contributed by atoms with Crippen molar-refractivity contribution in [1.29, 1.82) is 0 Å². The molecule has 0 heterocycles. The van der Waals surface area contributed by atoms with Gasteiger partial charge in [0.25, 0.3) is 0 Å². The van der Waals surface area contributed by atoms with E-state index < -0.39 is 12.2 Å². The van der Waals surface area contributed by atoms with E-state index in [9.17, 15) is 9.59 Å². The van der Waals surface area contributed by atoms with Crippen molar-refractivity contribution in [3.63, 3.8) is 0 Å². The monoisotopic (exact) mass is 258 g/mol. The number of rotatable bonds is 5. The quantitative estimate of drug-likeness (QED) is 0.572. The van der Waals surface area contributed by atoms with Gasteiger partial charge >= 0.3 is 12.2 Å². The van der Waals surface area contributed by atoms with Gasteiger partial charge in [0.15, 0.2) is 0 Å². The lowest BCUT2D eigenvalue weighted by Crippen LogP contribution is -2.24. The Balaban J connectivity index is 4.26. The number of amides is 2. The van der Waals surface area contributed by atoms with Crippen LogP contribution in [0.15, 0.2) is 10.2 Å². The second-order valence-corrected chi connectivity index (χ2v) is 3.06. The Labute approximate surface area is 105 Å². The molecule has 102 valence electrons. The van der Waals surface area contributed by atoms with Gasteiger partial charge in [-0.3, -0.25) is 0 Å². The fourth-order valence-corrected chi connectivity index (χ4v) is 0.748. The van der Waals surface area contributed by atoms with E-state index in [0.717, 1.165) is 0 Å². The molecule has 8 nitrogen and oxygen atoms in total. The SMILES string of the molecule is CCOC(=O)NN=C(C)C(C)=NNC(=O)OCC. The molecule has 0 radical (unpaired) electrons. The van der Waals surface area contributed by atoms with Crippen molar-refractivity contribution in [2.24, 2.45) is 10.2 Å². The first-order valence-electron chi connectivity index (χ1n) is 5.45. The average Bonchev–Trinajstić information content (AvgIpc) is 2.33. The van der Waals surface area contributed by atoms with Gasteiger partial charge < -0.3 is 9.47 Å². The van der Waals surface area contributed by atoms with Gasteiger partial charge in [-0.25, -0.2) is 20.4 Å². The number of nitrogens with one attached hydrogen (secondary N) is 2. The molecule has 18 heavy (non-hydrogen) atoms. The lowest BCUT2D eigenvalue weighted by molar-refractivity contribution is 0.151. The minimum Gasteiger partial charge on any atom is -0.449 e. The second-order valence-electron chi connectivity index (χ2n) is 3.06. The summed E-state index contributed by atoms with van der Waals surface area (Å²) in [6, 6.07) is 0. The van der Waals surface area contributed by atoms with Crippen LogP contribution in [-0.2, 0) is 9.47 Å². The van der Waals surface area contributed by atoms with Crippen LogP contribution in [0.5, 0.6) is 0 Å². The molecule has 0 rings (SSSR count). The Morgan fingerprint density at radius 1 is 0.889 bits per heavy atom. The molecule has 8 heteroatoms. The Morgan fingerprint density at radius 3 is 1.50 bits per heavy atom. The first kappa shape index (κ1) is 15.9. The van der Waals surface area contributed by atoms with Crippen LogP contribution >= 0.6 is 0 Å². The molecule has 0 unspecified atom stereocenters. The summed E-state index contributed by atoms with van der Waals surface area (Å²) in [5.74, 6) is 0. The minimum absolute atomic E-state index is 0.262. The van der Waals surface area contributed by atoms with Gasteiger partial charge in [0, 0.05) is 0 Å². The normalized spacial score (nSPS) is 11.8. The smallest absolute Gasteiger partial charge is 0.427 e. The molecule has 0 aliphatic carbocycles. The number of nitrogens with zero attached hydrogens (tertiary/aromatic N) is 2. The van der Waals surface area contributed by atoms with Crippen molar-refractivity contribution >= 4 is 23.6 Å². The van der Waals surface area contributed by atoms with Crippen molar-refractivity contribution in [3.05, 3.63) is 0 Å². The lowest BCUT2D eigenvalue weighted by Gasteiger charge is -2.03. The number of hydrogen-bond acceptors (Lipinski definition) is 6. The predicted molar refractivity (Wildman–Crippen MR) is 66.5 cm³/mol. The highest BCUT2D eigenvalue weighted by Gasteiger charge is 2.02. The largest absolute Gasteiger partial charge is 0.449 e. The first-order chi connectivity index (χ1) is 8.51. The molecule has 2 amide bonds. The Morgan fingerprint density at radius 2 is 1.22 bits per heavy atom. The summed E-state index contributed by atoms with van der Waals surface area (Å²) in [6.45, 7) is 7.14. The molecule has 0 saturated carbocycles. The van der Waals surface area contributed by atoms with Crippen LogP contribution in [0.1, 0.15) is 27.7 Å². The van der Waals surface area contributed by atoms with E-state index in [2.05, 4.69) is 30.5 Å². The number of hydrazone groups is 2. The average molecular weight is 258 g/mol. The summed E-state index contributed by atoms with van der Waals surface area (Å²) in [5, 5.41) is 7.47. The Bertz CT molecular complexity index is 318. The van der Waals surface area contributed by atoms with Gasteiger partial charge in [0.05, 0.1) is 24.6 Å². The zero-order chi connectivity index (χ0) is 14.0. The van der Waals surface area contributed by atoms with E-state index in [4.69, 9.17) is 0 Å². The summed E-state index contributed by atoms with van der Waals surface area (Å²) in [6.07, 6.45) is -1.30. The Hall–Kier alpha value is -2.12. The molecule has 0 aromatic heterocycles. The van der Waals surface area contributed by atoms with Crippen LogP contribution in [0.3, 0.4) is 0 Å². The minimum atomic E-state index is -0.650. The van der Waals surface area contributed by atoms with Gasteiger partial charge in [0.1, 0.15) is 0 Å². The third-order valence-corrected chi connectivity index (χ3v) is 1.70. The van der Waals surface area contributed by atoms with Crippen molar-refractivity contribution in [1.82, 2.24) is 10.9 Å². The van der Waals surface area contributed by atoms with Crippen molar-refractivity contribution < 1.29 is 19.1 Å². The van der Waals surface area contributed by atoms with Crippen LogP contribution in [0.25, 0.3) is 0 Å². The van der Waals surface area contributed by atoms with E-state index in [0.29, 0.717) is 11.4 Å². The second kappa shape index (κ2) is 8.97. The zero-order valence-corrected chi connectivity index (χ0v) is 10.9. The molecular formula is C10H18N4O4. The standard InChI is InChI=1S/C10H18N4O4/c1-5-17-9(15)13-11-7(3)8(4)12-14-10(16)18-6-2/h5-6H2,1-4H3,(H,13,15)(H,14,16). The van der Waals surface area contributed by atoms with Gasteiger partial charge in [0.2, 0.25) is 0 Å². The molecule has 0 aliphatic rings. The van der Waals surface area contributed by atoms with Crippen molar-refractivity contribution in [2.45, 2.75) is 27.7 Å². The van der Waals surface area contributed by atoms with Crippen molar-refractivity contribution in [2.75, 3.05) is 13.2 Å². The van der Waals surface area contributed by atoms with Gasteiger partial charge in [-0.05, 0) is 27.7 Å². The summed E-state index contributed by atoms with van der Waals surface area (Å²) in [4.78, 5) is 21.9. The number of carbonyl (C=O) groups excluding carboxylic acids is 2. The van der Waals surface area contributed by atoms with Crippen LogP contribution in [0, 0.1) is 0 Å². The van der Waals surface area contributed by atoms with Gasteiger partial charge in [-0.2, -0.15) is 10.2 Å². The summed E-state index contributed by atoms with van der Waals surface area (Å²) in [7, 11) is 0. The third-order valence-electron chi connectivity index (χ3n) is 1.70. The highest BCUT2D eigenvalue weighted by atomic mass is 16.6. The fourth-order valence-electron chi connectivity index (χ4n) is 0.748. The molecule has 0 fully saturated rings. The Kier molecular flexibility index (Phi) is 7.91. The van der Waals surface area contributed by atoms with Crippen LogP contribution in [-0.4, -0.2) is 36.8 Å². The highest BCUT2D eigenvalue weighted by Crippen LogP contribution is 1.85. The van der Waals surface area contributed by atoms with Gasteiger partial charge in [-0.1, -0.05) is 0 Å². The molecule has 0 aromatic carbocycles. The van der Waals surface area contributed by atoms with E-state index in [-0.39, 0.29) is 13.2 Å². The maximum absolute atomic E-state index is 11.0. The maximum Gasteiger partial charge on any atom is 0.427 e. The van der Waals surface area contributed by atoms with E-state index in [1.165, 1.54) is 0 Å². The first-order valence-corrected chi connectivity index (χ1v) is 5.45. The molecule has 2 N–H and O–H groups in total. The van der Waals surface area contributed by atoms with E-state index >= 15 is 0 Å². The molecule has 0 aliphatic heterocycles. The van der Waals surface area contributed by atoms with Crippen molar-refractivity contribution in [3.8, 4) is 0 Å². The number of ether oxygens (including phenoxy) is 2.